The molecule has 4 nitrogen and oxygen atoms in total. The van der Waals surface area contributed by atoms with Gasteiger partial charge in [0.05, 0.1) is 12.6 Å². The summed E-state index contributed by atoms with van der Waals surface area (Å²) in [5.41, 5.74) is 1.07. The highest BCUT2D eigenvalue weighted by atomic mass is 16.4. The summed E-state index contributed by atoms with van der Waals surface area (Å²) in [4.78, 5) is 12.6. The number of carboxylic acid groups (broad SMARTS) is 1. The molecule has 0 aliphatic carbocycles. The summed E-state index contributed by atoms with van der Waals surface area (Å²) < 4.78 is 0. The first-order chi connectivity index (χ1) is 7.24. The van der Waals surface area contributed by atoms with Crippen LogP contribution >= 0.6 is 0 Å². The molecule has 1 fully saturated rings. The lowest BCUT2D eigenvalue weighted by Crippen LogP contribution is -2.11. The fraction of sp³-hybridized carbons (Fsp3) is 0.364. The van der Waals surface area contributed by atoms with E-state index in [0.29, 0.717) is 6.54 Å². The van der Waals surface area contributed by atoms with E-state index in [2.05, 4.69) is 0 Å². The van der Waals surface area contributed by atoms with E-state index in [4.69, 9.17) is 10.2 Å². The van der Waals surface area contributed by atoms with Crippen LogP contribution in [0.5, 0.6) is 0 Å². The lowest BCUT2D eigenvalue weighted by Gasteiger charge is -2.02. The Kier molecular flexibility index (Phi) is 2.70. The summed E-state index contributed by atoms with van der Waals surface area (Å²) in [6, 6.07) is 8.92. The smallest absolute Gasteiger partial charge is 0.322 e. The third-order valence-electron chi connectivity index (χ3n) is 2.71. The summed E-state index contributed by atoms with van der Waals surface area (Å²) in [6.07, 6.45) is 0. The Labute approximate surface area is 87.8 Å². The first-order valence-electron chi connectivity index (χ1n) is 4.87. The summed E-state index contributed by atoms with van der Waals surface area (Å²) in [7, 11) is 0. The number of benzene rings is 1. The zero-order valence-corrected chi connectivity index (χ0v) is 8.21. The molecule has 3 atom stereocenters. The van der Waals surface area contributed by atoms with Crippen LogP contribution in [0.3, 0.4) is 0 Å². The maximum absolute atomic E-state index is 10.8. The van der Waals surface area contributed by atoms with Gasteiger partial charge in [-0.15, -0.1) is 0 Å². The van der Waals surface area contributed by atoms with Gasteiger partial charge < -0.3 is 10.2 Å². The molecule has 1 aromatic rings. The molecule has 0 spiro atoms. The second kappa shape index (κ2) is 4.00. The molecule has 0 saturated carbocycles. The van der Waals surface area contributed by atoms with Crippen LogP contribution in [0, 0.1) is 0 Å². The molecule has 2 N–H and O–H groups in total. The number of rotatable bonds is 4. The average Bonchev–Trinajstić information content (AvgIpc) is 2.93. The topological polar surface area (TPSA) is 60.5 Å². The molecule has 1 aromatic carbocycles. The fourth-order valence-corrected chi connectivity index (χ4v) is 1.85. The fourth-order valence-electron chi connectivity index (χ4n) is 1.85. The lowest BCUT2D eigenvalue weighted by atomic mass is 10.2. The number of aliphatic hydroxyl groups is 1. The highest BCUT2D eigenvalue weighted by Gasteiger charge is 2.51. The molecular weight excluding hydrogens is 194 g/mol. The summed E-state index contributed by atoms with van der Waals surface area (Å²) in [5.74, 6) is -0.856. The van der Waals surface area contributed by atoms with Gasteiger partial charge in [-0.3, -0.25) is 9.69 Å². The van der Waals surface area contributed by atoms with Gasteiger partial charge in [0.15, 0.2) is 0 Å². The largest absolute Gasteiger partial charge is 0.480 e. The van der Waals surface area contributed by atoms with E-state index in [1.807, 2.05) is 30.3 Å². The molecule has 80 valence electrons. The lowest BCUT2D eigenvalue weighted by molar-refractivity contribution is -0.137. The van der Waals surface area contributed by atoms with Crippen LogP contribution in [0.1, 0.15) is 5.56 Å². The number of carboxylic acids is 1. The van der Waals surface area contributed by atoms with Crippen LogP contribution in [0.4, 0.5) is 0 Å². The molecule has 1 aliphatic rings. The molecule has 1 heterocycles. The third kappa shape index (κ3) is 2.00. The quantitative estimate of drug-likeness (QED) is 0.698. The highest BCUT2D eigenvalue weighted by molar-refractivity contribution is 5.78. The van der Waals surface area contributed by atoms with Crippen molar-refractivity contribution in [3.8, 4) is 0 Å². The average molecular weight is 207 g/mol. The molecule has 0 aromatic heterocycles. The molecule has 0 radical (unpaired) electrons. The van der Waals surface area contributed by atoms with Gasteiger partial charge in [-0.1, -0.05) is 30.3 Å². The zero-order valence-electron chi connectivity index (χ0n) is 8.21. The first-order valence-corrected chi connectivity index (χ1v) is 4.87. The second-order valence-electron chi connectivity index (χ2n) is 3.69. The Morgan fingerprint density at radius 2 is 2.00 bits per heavy atom. The van der Waals surface area contributed by atoms with Gasteiger partial charge in [-0.2, -0.15) is 0 Å². The molecule has 1 unspecified atom stereocenters. The molecule has 0 amide bonds. The molecule has 2 rings (SSSR count). The van der Waals surface area contributed by atoms with Gasteiger partial charge in [0, 0.05) is 6.54 Å². The monoisotopic (exact) mass is 207 g/mol. The Hall–Kier alpha value is -1.39. The van der Waals surface area contributed by atoms with Crippen molar-refractivity contribution < 1.29 is 15.0 Å². The van der Waals surface area contributed by atoms with Crippen molar-refractivity contribution in [2.24, 2.45) is 0 Å². The molecule has 1 saturated heterocycles. The van der Waals surface area contributed by atoms with Crippen molar-refractivity contribution in [1.29, 1.82) is 0 Å². The van der Waals surface area contributed by atoms with E-state index in [-0.39, 0.29) is 12.6 Å². The number of aliphatic carboxylic acids is 1. The maximum Gasteiger partial charge on any atom is 0.322 e. The van der Waals surface area contributed by atoms with E-state index >= 15 is 0 Å². The van der Waals surface area contributed by atoms with E-state index in [1.54, 1.807) is 4.90 Å². The van der Waals surface area contributed by atoms with Gasteiger partial charge in [-0.25, -0.2) is 0 Å². The van der Waals surface area contributed by atoms with Crippen LogP contribution in [0.25, 0.3) is 0 Å². The number of hydrogen-bond donors (Lipinski definition) is 2. The minimum Gasteiger partial charge on any atom is -0.480 e. The Morgan fingerprint density at radius 1 is 1.33 bits per heavy atom. The van der Waals surface area contributed by atoms with Gasteiger partial charge in [0.25, 0.3) is 0 Å². The number of hydrogen-bond acceptors (Lipinski definition) is 3. The van der Waals surface area contributed by atoms with E-state index in [0.717, 1.165) is 5.56 Å². The van der Waals surface area contributed by atoms with Gasteiger partial charge >= 0.3 is 5.97 Å². The number of carbonyl (C=O) groups is 1. The molecule has 4 heteroatoms. The van der Waals surface area contributed by atoms with Crippen molar-refractivity contribution in [1.82, 2.24) is 4.90 Å². The van der Waals surface area contributed by atoms with E-state index in [1.165, 1.54) is 0 Å². The zero-order chi connectivity index (χ0) is 10.8. The van der Waals surface area contributed by atoms with Crippen LogP contribution < -0.4 is 0 Å². The Bertz CT molecular complexity index is 352. The highest BCUT2D eigenvalue weighted by Crippen LogP contribution is 2.30. The minimum atomic E-state index is -0.856. The molecule has 15 heavy (non-hydrogen) atoms. The Morgan fingerprint density at radius 3 is 2.47 bits per heavy atom. The standard InChI is InChI=1S/C11H13NO3/c13-7-9-10(11(14)15)12(9)6-8-4-2-1-3-5-8/h1-5,9-10,13H,6-7H2,(H,14,15)/t9-,10+,12?/m0/s1. The van der Waals surface area contributed by atoms with Crippen LogP contribution in [0.2, 0.25) is 0 Å². The van der Waals surface area contributed by atoms with E-state index in [9.17, 15) is 4.79 Å². The molecule has 1 aliphatic heterocycles. The van der Waals surface area contributed by atoms with Crippen molar-refractivity contribution in [2.75, 3.05) is 6.61 Å². The summed E-state index contributed by atoms with van der Waals surface area (Å²) in [5, 5.41) is 17.8. The molecule has 0 bridgehead atoms. The predicted molar refractivity (Wildman–Crippen MR) is 54.3 cm³/mol. The third-order valence-corrected chi connectivity index (χ3v) is 2.71. The van der Waals surface area contributed by atoms with Crippen LogP contribution in [-0.4, -0.2) is 39.8 Å². The van der Waals surface area contributed by atoms with Crippen LogP contribution in [0.15, 0.2) is 30.3 Å². The van der Waals surface area contributed by atoms with Crippen LogP contribution in [-0.2, 0) is 11.3 Å². The van der Waals surface area contributed by atoms with Crippen molar-refractivity contribution in [3.63, 3.8) is 0 Å². The van der Waals surface area contributed by atoms with Gasteiger partial charge in [0.2, 0.25) is 0 Å². The van der Waals surface area contributed by atoms with E-state index < -0.39 is 12.0 Å². The second-order valence-corrected chi connectivity index (χ2v) is 3.69. The Balaban J connectivity index is 2.00. The minimum absolute atomic E-state index is 0.0935. The van der Waals surface area contributed by atoms with Crippen molar-refractivity contribution in [3.05, 3.63) is 35.9 Å². The normalized spacial score (nSPS) is 28.7. The summed E-state index contributed by atoms with van der Waals surface area (Å²) in [6.45, 7) is 0.493. The SMILES string of the molecule is O=C(O)[C@H]1[C@H](CO)N1Cc1ccccc1. The molecular formula is C11H13NO3. The number of nitrogens with zero attached hydrogens (tertiary/aromatic N) is 1. The van der Waals surface area contributed by atoms with Crippen molar-refractivity contribution in [2.45, 2.75) is 18.6 Å². The maximum atomic E-state index is 10.8. The van der Waals surface area contributed by atoms with Gasteiger partial charge in [-0.05, 0) is 5.56 Å². The summed E-state index contributed by atoms with van der Waals surface area (Å²) >= 11 is 0. The predicted octanol–water partition coefficient (Wildman–Crippen LogP) is 0.316. The van der Waals surface area contributed by atoms with Crippen molar-refractivity contribution >= 4 is 5.97 Å². The first kappa shape index (κ1) is 10.1. The number of aliphatic hydroxyl groups excluding tert-OH is 1. The van der Waals surface area contributed by atoms with Gasteiger partial charge in [0.1, 0.15) is 6.04 Å².